The van der Waals surface area contributed by atoms with Crippen LogP contribution in [-0.2, 0) is 5.75 Å². The van der Waals surface area contributed by atoms with Crippen LogP contribution in [0.2, 0.25) is 0 Å². The zero-order valence-corrected chi connectivity index (χ0v) is 9.41. The quantitative estimate of drug-likeness (QED) is 0.835. The number of thioether (sulfide) groups is 1. The number of rotatable bonds is 4. The van der Waals surface area contributed by atoms with Gasteiger partial charge in [0.2, 0.25) is 0 Å². The van der Waals surface area contributed by atoms with Crippen molar-refractivity contribution in [1.29, 1.82) is 0 Å². The number of hydrogen-bond donors (Lipinski definition) is 1. The van der Waals surface area contributed by atoms with E-state index in [1.54, 1.807) is 18.7 Å². The van der Waals surface area contributed by atoms with Gasteiger partial charge < -0.3 is 5.32 Å². The fourth-order valence-electron chi connectivity index (χ4n) is 1.10. The SMILES string of the molecule is CCNc1nc(CSC)nc(C)c1F. The molecule has 5 heteroatoms. The Balaban J connectivity index is 3.01. The molecule has 0 radical (unpaired) electrons. The molecule has 0 aliphatic rings. The van der Waals surface area contributed by atoms with Crippen LogP contribution in [0.15, 0.2) is 0 Å². The Morgan fingerprint density at radius 3 is 2.71 bits per heavy atom. The zero-order chi connectivity index (χ0) is 10.6. The average molecular weight is 215 g/mol. The molecule has 0 fully saturated rings. The lowest BCUT2D eigenvalue weighted by atomic mass is 10.4. The summed E-state index contributed by atoms with van der Waals surface area (Å²) < 4.78 is 13.4. The zero-order valence-electron chi connectivity index (χ0n) is 8.59. The molecule has 0 unspecified atom stereocenters. The van der Waals surface area contributed by atoms with E-state index in [4.69, 9.17) is 0 Å². The number of hydrogen-bond acceptors (Lipinski definition) is 4. The lowest BCUT2D eigenvalue weighted by molar-refractivity contribution is 0.602. The molecule has 1 heterocycles. The van der Waals surface area contributed by atoms with E-state index in [2.05, 4.69) is 15.3 Å². The van der Waals surface area contributed by atoms with Crippen LogP contribution in [0.25, 0.3) is 0 Å². The summed E-state index contributed by atoms with van der Waals surface area (Å²) in [6, 6.07) is 0. The van der Waals surface area contributed by atoms with E-state index in [0.29, 0.717) is 29.6 Å². The third-order valence-electron chi connectivity index (χ3n) is 1.68. The van der Waals surface area contributed by atoms with Crippen molar-refractivity contribution < 1.29 is 4.39 Å². The van der Waals surface area contributed by atoms with Gasteiger partial charge in [-0.15, -0.1) is 0 Å². The Labute approximate surface area is 87.5 Å². The van der Waals surface area contributed by atoms with E-state index in [1.807, 2.05) is 13.2 Å². The summed E-state index contributed by atoms with van der Waals surface area (Å²) in [5.74, 6) is 1.34. The van der Waals surface area contributed by atoms with Gasteiger partial charge in [-0.1, -0.05) is 0 Å². The highest BCUT2D eigenvalue weighted by molar-refractivity contribution is 7.97. The van der Waals surface area contributed by atoms with Gasteiger partial charge >= 0.3 is 0 Å². The molecular formula is C9H14FN3S. The van der Waals surface area contributed by atoms with Crippen molar-refractivity contribution in [3.05, 3.63) is 17.3 Å². The Morgan fingerprint density at radius 2 is 2.14 bits per heavy atom. The molecule has 0 bridgehead atoms. The largest absolute Gasteiger partial charge is 0.368 e. The number of nitrogens with one attached hydrogen (secondary N) is 1. The normalized spacial score (nSPS) is 10.3. The van der Waals surface area contributed by atoms with Gasteiger partial charge in [0, 0.05) is 6.54 Å². The maximum absolute atomic E-state index is 13.4. The number of aromatic nitrogens is 2. The molecule has 1 rings (SSSR count). The van der Waals surface area contributed by atoms with Crippen molar-refractivity contribution in [1.82, 2.24) is 9.97 Å². The second-order valence-corrected chi connectivity index (χ2v) is 3.72. The van der Waals surface area contributed by atoms with Crippen molar-refractivity contribution in [3.63, 3.8) is 0 Å². The second kappa shape index (κ2) is 5.14. The minimum absolute atomic E-state index is 0.309. The molecule has 0 saturated carbocycles. The summed E-state index contributed by atoms with van der Waals surface area (Å²) in [5.41, 5.74) is 0.403. The summed E-state index contributed by atoms with van der Waals surface area (Å²) in [4.78, 5) is 8.15. The predicted octanol–water partition coefficient (Wildman–Crippen LogP) is 2.22. The smallest absolute Gasteiger partial charge is 0.186 e. The van der Waals surface area contributed by atoms with E-state index in [-0.39, 0.29) is 5.82 Å². The Bertz CT molecular complexity index is 317. The molecule has 78 valence electrons. The molecule has 0 aliphatic carbocycles. The fraction of sp³-hybridized carbons (Fsp3) is 0.556. The van der Waals surface area contributed by atoms with Crippen LogP contribution in [0, 0.1) is 12.7 Å². The Morgan fingerprint density at radius 1 is 1.43 bits per heavy atom. The molecule has 1 N–H and O–H groups in total. The van der Waals surface area contributed by atoms with E-state index in [9.17, 15) is 4.39 Å². The van der Waals surface area contributed by atoms with Crippen LogP contribution in [-0.4, -0.2) is 22.8 Å². The van der Waals surface area contributed by atoms with Crippen molar-refractivity contribution >= 4 is 17.6 Å². The van der Waals surface area contributed by atoms with Gasteiger partial charge in [-0.25, -0.2) is 14.4 Å². The van der Waals surface area contributed by atoms with Crippen LogP contribution < -0.4 is 5.32 Å². The van der Waals surface area contributed by atoms with Gasteiger partial charge in [-0.3, -0.25) is 0 Å². The minimum atomic E-state index is -0.350. The van der Waals surface area contributed by atoms with E-state index >= 15 is 0 Å². The number of anilines is 1. The van der Waals surface area contributed by atoms with Crippen LogP contribution in [0.1, 0.15) is 18.4 Å². The fourth-order valence-corrected chi connectivity index (χ4v) is 1.48. The average Bonchev–Trinajstić information content (AvgIpc) is 2.14. The minimum Gasteiger partial charge on any atom is -0.368 e. The summed E-state index contributed by atoms with van der Waals surface area (Å²) >= 11 is 1.62. The maximum atomic E-state index is 13.4. The summed E-state index contributed by atoms with van der Waals surface area (Å²) in [6.45, 7) is 4.22. The highest BCUT2D eigenvalue weighted by Gasteiger charge is 2.09. The second-order valence-electron chi connectivity index (χ2n) is 2.85. The summed E-state index contributed by atoms with van der Waals surface area (Å²) in [5, 5.41) is 2.88. The Kier molecular flexibility index (Phi) is 4.13. The van der Waals surface area contributed by atoms with E-state index in [1.165, 1.54) is 0 Å². The van der Waals surface area contributed by atoms with Gasteiger partial charge in [0.25, 0.3) is 0 Å². The molecule has 1 aromatic rings. The first-order valence-corrected chi connectivity index (χ1v) is 5.84. The molecule has 0 amide bonds. The molecule has 3 nitrogen and oxygen atoms in total. The van der Waals surface area contributed by atoms with Gasteiger partial charge in [0.1, 0.15) is 5.82 Å². The topological polar surface area (TPSA) is 37.8 Å². The first-order valence-electron chi connectivity index (χ1n) is 4.44. The van der Waals surface area contributed by atoms with E-state index < -0.39 is 0 Å². The third kappa shape index (κ3) is 2.57. The first-order chi connectivity index (χ1) is 6.69. The number of halogens is 1. The van der Waals surface area contributed by atoms with Crippen molar-refractivity contribution in [2.75, 3.05) is 18.1 Å². The monoisotopic (exact) mass is 215 g/mol. The highest BCUT2D eigenvalue weighted by atomic mass is 32.2. The molecule has 0 spiro atoms. The summed E-state index contributed by atoms with van der Waals surface area (Å²) in [6.07, 6.45) is 1.97. The van der Waals surface area contributed by atoms with Gasteiger partial charge in [0.15, 0.2) is 11.6 Å². The molecule has 0 aromatic carbocycles. The molecule has 0 saturated heterocycles. The maximum Gasteiger partial charge on any atom is 0.186 e. The third-order valence-corrected chi connectivity index (χ3v) is 2.23. The lowest BCUT2D eigenvalue weighted by Crippen LogP contribution is -2.08. The molecule has 0 aliphatic heterocycles. The summed E-state index contributed by atoms with van der Waals surface area (Å²) in [7, 11) is 0. The van der Waals surface area contributed by atoms with Crippen LogP contribution in [0.5, 0.6) is 0 Å². The lowest BCUT2D eigenvalue weighted by Gasteiger charge is -2.07. The molecule has 0 atom stereocenters. The highest BCUT2D eigenvalue weighted by Crippen LogP contribution is 2.15. The van der Waals surface area contributed by atoms with Crippen molar-refractivity contribution in [2.45, 2.75) is 19.6 Å². The molecule has 14 heavy (non-hydrogen) atoms. The molecule has 1 aromatic heterocycles. The first kappa shape index (κ1) is 11.2. The standard InChI is InChI=1S/C9H14FN3S/c1-4-11-9-8(10)6(2)12-7(13-9)5-14-3/h4-5H2,1-3H3,(H,11,12,13). The van der Waals surface area contributed by atoms with Crippen LogP contribution in [0.4, 0.5) is 10.2 Å². The van der Waals surface area contributed by atoms with Gasteiger partial charge in [-0.2, -0.15) is 11.8 Å². The van der Waals surface area contributed by atoms with E-state index in [0.717, 1.165) is 0 Å². The Hall–Kier alpha value is -0.840. The van der Waals surface area contributed by atoms with Gasteiger partial charge in [0.05, 0.1) is 11.4 Å². The molecular weight excluding hydrogens is 201 g/mol. The van der Waals surface area contributed by atoms with Crippen LogP contribution in [0.3, 0.4) is 0 Å². The van der Waals surface area contributed by atoms with Gasteiger partial charge in [-0.05, 0) is 20.1 Å². The van der Waals surface area contributed by atoms with Crippen LogP contribution >= 0.6 is 11.8 Å². The number of nitrogens with zero attached hydrogens (tertiary/aromatic N) is 2. The predicted molar refractivity (Wildman–Crippen MR) is 58.1 cm³/mol. The van der Waals surface area contributed by atoms with Crippen molar-refractivity contribution in [2.24, 2.45) is 0 Å². The van der Waals surface area contributed by atoms with Crippen molar-refractivity contribution in [3.8, 4) is 0 Å². The number of aryl methyl sites for hydroxylation is 1.